The molecule has 1 aromatic carbocycles. The molecule has 2 fully saturated rings. The van der Waals surface area contributed by atoms with Crippen molar-refractivity contribution in [3.05, 3.63) is 35.9 Å². The van der Waals surface area contributed by atoms with Gasteiger partial charge in [0, 0.05) is 38.1 Å². The Morgan fingerprint density at radius 3 is 2.52 bits per heavy atom. The lowest BCUT2D eigenvalue weighted by Crippen LogP contribution is -2.49. The van der Waals surface area contributed by atoms with Gasteiger partial charge in [-0.15, -0.1) is 0 Å². The fraction of sp³-hybridized carbons (Fsp3) is 0.632. The van der Waals surface area contributed by atoms with Crippen molar-refractivity contribution in [1.82, 2.24) is 4.90 Å². The lowest BCUT2D eigenvalue weighted by Gasteiger charge is -2.42. The summed E-state index contributed by atoms with van der Waals surface area (Å²) in [6.45, 7) is 2.28. The molecule has 1 aromatic rings. The summed E-state index contributed by atoms with van der Waals surface area (Å²) in [4.78, 5) is 14.8. The SMILES string of the molecule is COC1CCC(C(=O)N2CCC(CN)(c3ccccc3)CC2)C1. The Bertz CT molecular complexity index is 523. The quantitative estimate of drug-likeness (QED) is 0.927. The number of hydrogen-bond acceptors (Lipinski definition) is 3. The Morgan fingerprint density at radius 2 is 1.96 bits per heavy atom. The van der Waals surface area contributed by atoms with Crippen molar-refractivity contribution in [3.8, 4) is 0 Å². The Balaban J connectivity index is 1.62. The first kappa shape index (κ1) is 16.5. The van der Waals surface area contributed by atoms with Crippen LogP contribution >= 0.6 is 0 Å². The van der Waals surface area contributed by atoms with Crippen LogP contribution in [0, 0.1) is 5.92 Å². The molecule has 2 unspecified atom stereocenters. The first-order chi connectivity index (χ1) is 11.2. The minimum absolute atomic E-state index is 0.0305. The predicted octanol–water partition coefficient (Wildman–Crippen LogP) is 2.32. The van der Waals surface area contributed by atoms with Gasteiger partial charge in [-0.2, -0.15) is 0 Å². The third-order valence-corrected chi connectivity index (χ3v) is 5.88. The van der Waals surface area contributed by atoms with E-state index in [1.54, 1.807) is 7.11 Å². The molecule has 2 atom stereocenters. The third-order valence-electron chi connectivity index (χ3n) is 5.88. The van der Waals surface area contributed by atoms with E-state index in [9.17, 15) is 4.79 Å². The number of carbonyl (C=O) groups excluding carboxylic acids is 1. The largest absolute Gasteiger partial charge is 0.381 e. The van der Waals surface area contributed by atoms with Crippen molar-refractivity contribution in [2.45, 2.75) is 43.6 Å². The van der Waals surface area contributed by atoms with Crippen molar-refractivity contribution < 1.29 is 9.53 Å². The monoisotopic (exact) mass is 316 g/mol. The van der Waals surface area contributed by atoms with Gasteiger partial charge in [-0.05, 0) is 37.7 Å². The maximum absolute atomic E-state index is 12.7. The van der Waals surface area contributed by atoms with E-state index in [0.29, 0.717) is 12.5 Å². The van der Waals surface area contributed by atoms with Gasteiger partial charge in [0.1, 0.15) is 0 Å². The Hall–Kier alpha value is -1.39. The molecule has 1 saturated carbocycles. The van der Waals surface area contributed by atoms with E-state index in [1.807, 2.05) is 6.07 Å². The molecule has 0 radical (unpaired) electrons. The second-order valence-electron chi connectivity index (χ2n) is 7.04. The molecule has 1 amide bonds. The lowest BCUT2D eigenvalue weighted by atomic mass is 9.72. The summed E-state index contributed by atoms with van der Waals surface area (Å²) in [7, 11) is 1.74. The Labute approximate surface area is 139 Å². The summed E-state index contributed by atoms with van der Waals surface area (Å²) in [6, 6.07) is 10.5. The highest BCUT2D eigenvalue weighted by atomic mass is 16.5. The highest BCUT2D eigenvalue weighted by molar-refractivity contribution is 5.79. The van der Waals surface area contributed by atoms with Crippen LogP contribution in [0.2, 0.25) is 0 Å². The number of amides is 1. The van der Waals surface area contributed by atoms with E-state index in [0.717, 1.165) is 45.2 Å². The number of piperidine rings is 1. The van der Waals surface area contributed by atoms with Gasteiger partial charge in [0.25, 0.3) is 0 Å². The van der Waals surface area contributed by atoms with Crippen molar-refractivity contribution in [2.24, 2.45) is 11.7 Å². The zero-order valence-electron chi connectivity index (χ0n) is 14.0. The number of hydrogen-bond donors (Lipinski definition) is 1. The molecule has 0 bridgehead atoms. The average Bonchev–Trinajstić information content (AvgIpc) is 3.11. The fourth-order valence-electron chi connectivity index (χ4n) is 4.19. The van der Waals surface area contributed by atoms with Crippen LogP contribution in [0.1, 0.15) is 37.7 Å². The first-order valence-corrected chi connectivity index (χ1v) is 8.76. The molecule has 126 valence electrons. The number of nitrogens with zero attached hydrogens (tertiary/aromatic N) is 1. The maximum Gasteiger partial charge on any atom is 0.225 e. The van der Waals surface area contributed by atoms with Crippen LogP contribution in [0.5, 0.6) is 0 Å². The van der Waals surface area contributed by atoms with E-state index in [4.69, 9.17) is 10.5 Å². The van der Waals surface area contributed by atoms with E-state index in [-0.39, 0.29) is 17.4 Å². The van der Waals surface area contributed by atoms with E-state index in [2.05, 4.69) is 29.2 Å². The Morgan fingerprint density at radius 1 is 1.26 bits per heavy atom. The van der Waals surface area contributed by atoms with Gasteiger partial charge >= 0.3 is 0 Å². The minimum Gasteiger partial charge on any atom is -0.381 e. The minimum atomic E-state index is 0.0305. The zero-order chi connectivity index (χ0) is 16.3. The smallest absolute Gasteiger partial charge is 0.225 e. The lowest BCUT2D eigenvalue weighted by molar-refractivity contribution is -0.137. The number of benzene rings is 1. The van der Waals surface area contributed by atoms with Gasteiger partial charge in [0.05, 0.1) is 6.10 Å². The number of likely N-dealkylation sites (tertiary alicyclic amines) is 1. The fourth-order valence-corrected chi connectivity index (χ4v) is 4.19. The number of ether oxygens (including phenoxy) is 1. The second kappa shape index (κ2) is 7.02. The van der Waals surface area contributed by atoms with Gasteiger partial charge in [-0.25, -0.2) is 0 Å². The van der Waals surface area contributed by atoms with E-state index >= 15 is 0 Å². The molecular formula is C19H28N2O2. The van der Waals surface area contributed by atoms with Crippen molar-refractivity contribution in [2.75, 3.05) is 26.7 Å². The van der Waals surface area contributed by atoms with E-state index in [1.165, 1.54) is 5.56 Å². The molecule has 1 heterocycles. The second-order valence-corrected chi connectivity index (χ2v) is 7.04. The van der Waals surface area contributed by atoms with E-state index < -0.39 is 0 Å². The molecule has 3 rings (SSSR count). The molecule has 1 aliphatic heterocycles. The summed E-state index contributed by atoms with van der Waals surface area (Å²) < 4.78 is 5.40. The number of rotatable bonds is 4. The number of carbonyl (C=O) groups is 1. The van der Waals surface area contributed by atoms with Crippen molar-refractivity contribution >= 4 is 5.91 Å². The number of methoxy groups -OCH3 is 1. The Kier molecular flexibility index (Phi) is 5.02. The van der Waals surface area contributed by atoms with Crippen molar-refractivity contribution in [3.63, 3.8) is 0 Å². The molecular weight excluding hydrogens is 288 g/mol. The molecule has 2 aliphatic rings. The van der Waals surface area contributed by atoms with Gasteiger partial charge in [-0.3, -0.25) is 4.79 Å². The zero-order valence-corrected chi connectivity index (χ0v) is 14.0. The maximum atomic E-state index is 12.7. The standard InChI is InChI=1S/C19H28N2O2/c1-23-17-8-7-15(13-17)18(22)21-11-9-19(14-20,10-12-21)16-5-3-2-4-6-16/h2-6,15,17H,7-14,20H2,1H3. The first-order valence-electron chi connectivity index (χ1n) is 8.76. The summed E-state index contributed by atoms with van der Waals surface area (Å²) in [5.41, 5.74) is 7.48. The highest BCUT2D eigenvalue weighted by Gasteiger charge is 2.39. The molecule has 2 N–H and O–H groups in total. The molecule has 4 nitrogen and oxygen atoms in total. The summed E-state index contributed by atoms with van der Waals surface area (Å²) >= 11 is 0. The third kappa shape index (κ3) is 3.29. The van der Waals surface area contributed by atoms with Crippen LogP contribution in [0.4, 0.5) is 0 Å². The molecule has 1 aliphatic carbocycles. The van der Waals surface area contributed by atoms with Gasteiger partial charge < -0.3 is 15.4 Å². The average molecular weight is 316 g/mol. The van der Waals surface area contributed by atoms with Crippen LogP contribution in [-0.4, -0.2) is 43.7 Å². The highest BCUT2D eigenvalue weighted by Crippen LogP contribution is 2.36. The number of nitrogens with two attached hydrogens (primary N) is 1. The van der Waals surface area contributed by atoms with Crippen LogP contribution in [0.15, 0.2) is 30.3 Å². The molecule has 4 heteroatoms. The van der Waals surface area contributed by atoms with Crippen molar-refractivity contribution in [1.29, 1.82) is 0 Å². The molecule has 1 saturated heterocycles. The predicted molar refractivity (Wildman–Crippen MR) is 91.1 cm³/mol. The van der Waals surface area contributed by atoms with Crippen LogP contribution < -0.4 is 5.73 Å². The van der Waals surface area contributed by atoms with Crippen LogP contribution in [0.25, 0.3) is 0 Å². The summed E-state index contributed by atoms with van der Waals surface area (Å²) in [5, 5.41) is 0. The van der Waals surface area contributed by atoms with Crippen LogP contribution in [0.3, 0.4) is 0 Å². The van der Waals surface area contributed by atoms with Gasteiger partial charge in [0.15, 0.2) is 0 Å². The van der Waals surface area contributed by atoms with Gasteiger partial charge in [0.2, 0.25) is 5.91 Å². The molecule has 0 aromatic heterocycles. The topological polar surface area (TPSA) is 55.6 Å². The summed E-state index contributed by atoms with van der Waals surface area (Å²) in [5.74, 6) is 0.477. The molecule has 0 spiro atoms. The normalized spacial score (nSPS) is 27.1. The van der Waals surface area contributed by atoms with Crippen LogP contribution in [-0.2, 0) is 14.9 Å². The molecule has 23 heavy (non-hydrogen) atoms. The van der Waals surface area contributed by atoms with Gasteiger partial charge in [-0.1, -0.05) is 30.3 Å². The summed E-state index contributed by atoms with van der Waals surface area (Å²) in [6.07, 6.45) is 5.04.